The smallest absolute Gasteiger partial charge is 0.293 e. The van der Waals surface area contributed by atoms with Crippen molar-refractivity contribution < 1.29 is 18.4 Å². The lowest BCUT2D eigenvalue weighted by atomic mass is 10.1. The number of alkyl halides is 1. The molecule has 166 valence electrons. The number of rotatable bonds is 5. The Morgan fingerprint density at radius 3 is 2.42 bits per heavy atom. The van der Waals surface area contributed by atoms with E-state index in [-0.39, 0.29) is 30.0 Å². The molecule has 0 N–H and O–H groups in total. The third-order valence-electron chi connectivity index (χ3n) is 5.73. The van der Waals surface area contributed by atoms with Gasteiger partial charge >= 0.3 is 0 Å². The number of nitro benzene ring substituents is 1. The van der Waals surface area contributed by atoms with Crippen molar-refractivity contribution >= 4 is 17.3 Å². The third-order valence-corrected chi connectivity index (χ3v) is 5.73. The minimum atomic E-state index is -1.18. The average Bonchev–Trinajstić information content (AvgIpc) is 3.16. The van der Waals surface area contributed by atoms with Crippen molar-refractivity contribution in [1.82, 2.24) is 14.9 Å². The summed E-state index contributed by atoms with van der Waals surface area (Å²) in [5.74, 6) is -0.147. The van der Waals surface area contributed by atoms with Crippen molar-refractivity contribution in [2.45, 2.75) is 12.2 Å². The molecule has 1 aromatic heterocycles. The summed E-state index contributed by atoms with van der Waals surface area (Å²) < 4.78 is 34.7. The molecule has 0 spiro atoms. The van der Waals surface area contributed by atoms with E-state index in [0.717, 1.165) is 6.07 Å². The standard InChI is InChI=1S/C20H24F2N6O3/c1-25(2)19-12-27(11-16(19)22)17-8-15(21)14(7-18(17)28(29)30)13-9-23-20(24-10-13)26-3-5-31-6-4-26/h7-10,16,19H,3-6,11-12H2,1-2H3. The van der Waals surface area contributed by atoms with E-state index in [0.29, 0.717) is 37.8 Å². The van der Waals surface area contributed by atoms with Crippen molar-refractivity contribution in [2.75, 3.05) is 63.3 Å². The molecule has 11 heteroatoms. The second kappa shape index (κ2) is 8.67. The van der Waals surface area contributed by atoms with E-state index in [9.17, 15) is 14.5 Å². The molecule has 2 saturated heterocycles. The number of nitro groups is 1. The molecule has 2 aliphatic heterocycles. The highest BCUT2D eigenvalue weighted by Crippen LogP contribution is 2.37. The van der Waals surface area contributed by atoms with Crippen molar-refractivity contribution in [3.63, 3.8) is 0 Å². The molecular weight excluding hydrogens is 410 g/mol. The fourth-order valence-electron chi connectivity index (χ4n) is 3.99. The highest BCUT2D eigenvalue weighted by atomic mass is 19.1. The summed E-state index contributed by atoms with van der Waals surface area (Å²) in [6, 6.07) is 1.87. The zero-order valence-electron chi connectivity index (χ0n) is 17.4. The first kappa shape index (κ1) is 21.3. The molecule has 2 aliphatic rings. The van der Waals surface area contributed by atoms with E-state index in [4.69, 9.17) is 4.74 Å². The number of likely N-dealkylation sites (N-methyl/N-ethyl adjacent to an activating group) is 1. The van der Waals surface area contributed by atoms with Crippen LogP contribution in [0.4, 0.5) is 26.1 Å². The van der Waals surface area contributed by atoms with Crippen LogP contribution in [0.2, 0.25) is 0 Å². The number of halogens is 2. The first-order valence-corrected chi connectivity index (χ1v) is 10.0. The van der Waals surface area contributed by atoms with Gasteiger partial charge in [-0.15, -0.1) is 0 Å². The SMILES string of the molecule is CN(C)C1CN(c2cc(F)c(-c3cnc(N4CCOCC4)nc3)cc2[N+](=O)[O-])CC1F. The number of benzene rings is 1. The van der Waals surface area contributed by atoms with E-state index in [1.165, 1.54) is 23.4 Å². The molecule has 9 nitrogen and oxygen atoms in total. The maximum atomic E-state index is 15.0. The number of aromatic nitrogens is 2. The Labute approximate surface area is 178 Å². The molecule has 4 rings (SSSR count). The molecule has 0 amide bonds. The van der Waals surface area contributed by atoms with E-state index < -0.39 is 23.0 Å². The Balaban J connectivity index is 1.64. The molecule has 2 aromatic rings. The quantitative estimate of drug-likeness (QED) is 0.522. The molecule has 0 radical (unpaired) electrons. The van der Waals surface area contributed by atoms with E-state index in [2.05, 4.69) is 9.97 Å². The average molecular weight is 434 g/mol. The number of nitrogens with zero attached hydrogens (tertiary/aromatic N) is 6. The van der Waals surface area contributed by atoms with Gasteiger partial charge in [-0.2, -0.15) is 0 Å². The summed E-state index contributed by atoms with van der Waals surface area (Å²) in [7, 11) is 3.50. The molecule has 0 saturated carbocycles. The van der Waals surface area contributed by atoms with Crippen molar-refractivity contribution in [2.24, 2.45) is 0 Å². The Kier molecular flexibility index (Phi) is 5.96. The van der Waals surface area contributed by atoms with E-state index >= 15 is 4.39 Å². The van der Waals surface area contributed by atoms with E-state index in [1.807, 2.05) is 4.90 Å². The maximum Gasteiger partial charge on any atom is 0.293 e. The maximum absolute atomic E-state index is 15.0. The highest BCUT2D eigenvalue weighted by Gasteiger charge is 2.37. The lowest BCUT2D eigenvalue weighted by Gasteiger charge is -2.26. The monoisotopic (exact) mass is 434 g/mol. The predicted octanol–water partition coefficient (Wildman–Crippen LogP) is 2.12. The lowest BCUT2D eigenvalue weighted by Crippen LogP contribution is -2.37. The number of morpholine rings is 1. The summed E-state index contributed by atoms with van der Waals surface area (Å²) in [6.07, 6.45) is 1.73. The van der Waals surface area contributed by atoms with Crippen LogP contribution in [-0.2, 0) is 4.74 Å². The van der Waals surface area contributed by atoms with Crippen LogP contribution in [0.15, 0.2) is 24.5 Å². The van der Waals surface area contributed by atoms with Gasteiger partial charge < -0.3 is 19.4 Å². The Hall–Kier alpha value is -2.92. The molecule has 2 fully saturated rings. The number of hydrogen-bond acceptors (Lipinski definition) is 8. The second-order valence-corrected chi connectivity index (χ2v) is 7.90. The van der Waals surface area contributed by atoms with Crippen LogP contribution in [0.5, 0.6) is 0 Å². The minimum Gasteiger partial charge on any atom is -0.378 e. The van der Waals surface area contributed by atoms with Gasteiger partial charge in [0.2, 0.25) is 5.95 Å². The highest BCUT2D eigenvalue weighted by molar-refractivity contribution is 5.74. The number of ether oxygens (including phenoxy) is 1. The fourth-order valence-corrected chi connectivity index (χ4v) is 3.99. The van der Waals surface area contributed by atoms with Crippen LogP contribution in [0.1, 0.15) is 0 Å². The van der Waals surface area contributed by atoms with Crippen LogP contribution in [0.25, 0.3) is 11.1 Å². The third kappa shape index (κ3) is 4.28. The Morgan fingerprint density at radius 1 is 1.16 bits per heavy atom. The van der Waals surface area contributed by atoms with Gasteiger partial charge in [0.25, 0.3) is 5.69 Å². The first-order chi connectivity index (χ1) is 14.8. The van der Waals surface area contributed by atoms with Crippen LogP contribution >= 0.6 is 0 Å². The summed E-state index contributed by atoms with van der Waals surface area (Å²) in [5.41, 5.74) is 0.161. The fraction of sp³-hybridized carbons (Fsp3) is 0.500. The van der Waals surface area contributed by atoms with Crippen molar-refractivity contribution in [3.05, 3.63) is 40.5 Å². The molecule has 2 unspecified atom stereocenters. The van der Waals surface area contributed by atoms with Gasteiger partial charge in [-0.1, -0.05) is 0 Å². The van der Waals surface area contributed by atoms with Crippen molar-refractivity contribution in [1.29, 1.82) is 0 Å². The summed E-state index contributed by atoms with van der Waals surface area (Å²) >= 11 is 0. The van der Waals surface area contributed by atoms with Gasteiger partial charge in [0.15, 0.2) is 0 Å². The van der Waals surface area contributed by atoms with Gasteiger partial charge in [-0.05, 0) is 14.1 Å². The van der Waals surface area contributed by atoms with Gasteiger partial charge in [0.1, 0.15) is 17.7 Å². The van der Waals surface area contributed by atoms with E-state index in [1.54, 1.807) is 19.0 Å². The molecule has 3 heterocycles. The summed E-state index contributed by atoms with van der Waals surface area (Å²) in [4.78, 5) is 25.0. The topological polar surface area (TPSA) is 87.9 Å². The molecule has 2 atom stereocenters. The first-order valence-electron chi connectivity index (χ1n) is 10.0. The zero-order valence-corrected chi connectivity index (χ0v) is 17.4. The Bertz CT molecular complexity index is 953. The van der Waals surface area contributed by atoms with Gasteiger partial charge in [-0.3, -0.25) is 10.1 Å². The number of hydrogen-bond donors (Lipinski definition) is 0. The molecular formula is C20H24F2N6O3. The van der Waals surface area contributed by atoms with Crippen LogP contribution in [0.3, 0.4) is 0 Å². The van der Waals surface area contributed by atoms with Crippen LogP contribution < -0.4 is 9.80 Å². The van der Waals surface area contributed by atoms with Gasteiger partial charge in [0.05, 0.1) is 30.7 Å². The lowest BCUT2D eigenvalue weighted by molar-refractivity contribution is -0.384. The van der Waals surface area contributed by atoms with Gasteiger partial charge in [0, 0.05) is 55.3 Å². The number of anilines is 2. The largest absolute Gasteiger partial charge is 0.378 e. The van der Waals surface area contributed by atoms with Gasteiger partial charge in [-0.25, -0.2) is 18.7 Å². The minimum absolute atomic E-state index is 0.0279. The summed E-state index contributed by atoms with van der Waals surface area (Å²) in [6.45, 7) is 2.70. The molecule has 31 heavy (non-hydrogen) atoms. The second-order valence-electron chi connectivity index (χ2n) is 7.90. The van der Waals surface area contributed by atoms with Crippen molar-refractivity contribution in [3.8, 4) is 11.1 Å². The Morgan fingerprint density at radius 2 is 1.84 bits per heavy atom. The molecule has 0 aliphatic carbocycles. The summed E-state index contributed by atoms with van der Waals surface area (Å²) in [5, 5.41) is 11.7. The normalized spacial score (nSPS) is 21.7. The van der Waals surface area contributed by atoms with Crippen LogP contribution in [-0.4, -0.2) is 85.5 Å². The zero-order chi connectivity index (χ0) is 22.1. The predicted molar refractivity (Wildman–Crippen MR) is 112 cm³/mol. The molecule has 0 bridgehead atoms. The van der Waals surface area contributed by atoms with Crippen LogP contribution in [0, 0.1) is 15.9 Å². The molecule has 1 aromatic carbocycles.